The lowest BCUT2D eigenvalue weighted by Gasteiger charge is -2.19. The van der Waals surface area contributed by atoms with Crippen molar-refractivity contribution in [2.24, 2.45) is 0 Å². The van der Waals surface area contributed by atoms with E-state index in [0.717, 1.165) is 11.4 Å². The maximum Gasteiger partial charge on any atom is 0.0992 e. The Hall–Kier alpha value is -2.27. The molecule has 0 aliphatic carbocycles. The summed E-state index contributed by atoms with van der Waals surface area (Å²) in [5.74, 6) is 0. The Morgan fingerprint density at radius 3 is 2.35 bits per heavy atom. The van der Waals surface area contributed by atoms with Gasteiger partial charge in [0, 0.05) is 18.4 Å². The van der Waals surface area contributed by atoms with Crippen molar-refractivity contribution in [3.8, 4) is 6.07 Å². The van der Waals surface area contributed by atoms with Crippen LogP contribution in [0.3, 0.4) is 0 Å². The summed E-state index contributed by atoms with van der Waals surface area (Å²) in [5.41, 5.74) is 4.06. The van der Waals surface area contributed by atoms with Crippen LogP contribution in [-0.2, 0) is 0 Å². The highest BCUT2D eigenvalue weighted by atomic mass is 15.1. The molecular weight excluding hydrogens is 208 g/mol. The van der Waals surface area contributed by atoms with Crippen molar-refractivity contribution in [1.29, 1.82) is 5.26 Å². The van der Waals surface area contributed by atoms with E-state index in [0.29, 0.717) is 5.56 Å². The largest absolute Gasteiger partial charge is 0.345 e. The fourth-order valence-electron chi connectivity index (χ4n) is 1.70. The highest BCUT2D eigenvalue weighted by molar-refractivity contribution is 5.64. The summed E-state index contributed by atoms with van der Waals surface area (Å²) in [5, 5.41) is 8.88. The molecule has 0 aliphatic rings. The molecule has 0 bridgehead atoms. The average Bonchev–Trinajstić information content (AvgIpc) is 2.39. The van der Waals surface area contributed by atoms with Crippen LogP contribution in [0.2, 0.25) is 0 Å². The minimum Gasteiger partial charge on any atom is -0.345 e. The molecule has 0 fully saturated rings. The van der Waals surface area contributed by atoms with E-state index in [-0.39, 0.29) is 0 Å². The van der Waals surface area contributed by atoms with Crippen molar-refractivity contribution >= 4 is 11.4 Å². The quantitative estimate of drug-likeness (QED) is 0.775. The van der Waals surface area contributed by atoms with Gasteiger partial charge in [-0.2, -0.15) is 5.26 Å². The van der Waals surface area contributed by atoms with Crippen molar-refractivity contribution in [2.45, 2.75) is 6.92 Å². The Labute approximate surface area is 102 Å². The minimum absolute atomic E-state index is 0.682. The van der Waals surface area contributed by atoms with Crippen molar-refractivity contribution < 1.29 is 0 Å². The molecule has 2 rings (SSSR count). The fourth-order valence-corrected chi connectivity index (χ4v) is 1.70. The molecule has 2 heteroatoms. The molecule has 0 spiro atoms. The van der Waals surface area contributed by atoms with Crippen LogP contribution in [0, 0.1) is 18.3 Å². The third-order valence-electron chi connectivity index (χ3n) is 2.78. The first-order valence-electron chi connectivity index (χ1n) is 5.51. The molecule has 0 amide bonds. The summed E-state index contributed by atoms with van der Waals surface area (Å²) < 4.78 is 0. The summed E-state index contributed by atoms with van der Waals surface area (Å²) in [4.78, 5) is 2.07. The van der Waals surface area contributed by atoms with E-state index >= 15 is 0 Å². The molecule has 0 saturated heterocycles. The number of rotatable bonds is 2. The topological polar surface area (TPSA) is 27.0 Å². The van der Waals surface area contributed by atoms with Gasteiger partial charge in [0.05, 0.1) is 11.6 Å². The second-order valence-corrected chi connectivity index (χ2v) is 4.06. The zero-order chi connectivity index (χ0) is 12.3. The van der Waals surface area contributed by atoms with Crippen molar-refractivity contribution in [3.05, 3.63) is 59.7 Å². The molecule has 2 aromatic carbocycles. The van der Waals surface area contributed by atoms with Crippen LogP contribution in [0.5, 0.6) is 0 Å². The third kappa shape index (κ3) is 2.46. The number of nitrogens with zero attached hydrogens (tertiary/aromatic N) is 2. The lowest BCUT2D eigenvalue weighted by atomic mass is 10.1. The number of anilines is 2. The molecule has 17 heavy (non-hydrogen) atoms. The van der Waals surface area contributed by atoms with Gasteiger partial charge >= 0.3 is 0 Å². The molecule has 2 aromatic rings. The molecule has 0 unspecified atom stereocenters. The van der Waals surface area contributed by atoms with E-state index in [4.69, 9.17) is 5.26 Å². The van der Waals surface area contributed by atoms with E-state index < -0.39 is 0 Å². The van der Waals surface area contributed by atoms with E-state index in [9.17, 15) is 0 Å². The number of nitriles is 1. The minimum atomic E-state index is 0.682. The summed E-state index contributed by atoms with van der Waals surface area (Å²) >= 11 is 0. The smallest absolute Gasteiger partial charge is 0.0992 e. The Balaban J connectivity index is 2.33. The number of aryl methyl sites for hydroxylation is 1. The Bertz CT molecular complexity index is 550. The zero-order valence-electron chi connectivity index (χ0n) is 10.0. The van der Waals surface area contributed by atoms with Gasteiger partial charge in [-0.3, -0.25) is 0 Å². The standard InChI is InChI=1S/C15H14N2/c1-12-6-8-14(9-7-12)17(2)15-5-3-4-13(10-15)11-16/h3-10H,1-2H3. The maximum atomic E-state index is 8.88. The molecule has 0 N–H and O–H groups in total. The van der Waals surface area contributed by atoms with Gasteiger partial charge in [0.1, 0.15) is 0 Å². The van der Waals surface area contributed by atoms with Crippen LogP contribution in [0.25, 0.3) is 0 Å². The van der Waals surface area contributed by atoms with E-state index in [1.165, 1.54) is 5.56 Å². The lowest BCUT2D eigenvalue weighted by Crippen LogP contribution is -2.09. The molecule has 0 aromatic heterocycles. The molecule has 0 radical (unpaired) electrons. The normalized spacial score (nSPS) is 9.71. The summed E-state index contributed by atoms with van der Waals surface area (Å²) in [7, 11) is 2.00. The predicted octanol–water partition coefficient (Wildman–Crippen LogP) is 3.63. The molecule has 2 nitrogen and oxygen atoms in total. The van der Waals surface area contributed by atoms with Gasteiger partial charge in [0.2, 0.25) is 0 Å². The van der Waals surface area contributed by atoms with E-state index in [1.807, 2.05) is 31.3 Å². The first kappa shape index (κ1) is 11.2. The SMILES string of the molecule is Cc1ccc(N(C)c2cccc(C#N)c2)cc1. The zero-order valence-corrected chi connectivity index (χ0v) is 10.0. The fraction of sp³-hybridized carbons (Fsp3) is 0.133. The van der Waals surface area contributed by atoms with Crippen LogP contribution in [-0.4, -0.2) is 7.05 Å². The first-order chi connectivity index (χ1) is 8.20. The van der Waals surface area contributed by atoms with Crippen LogP contribution in [0.15, 0.2) is 48.5 Å². The van der Waals surface area contributed by atoms with Crippen molar-refractivity contribution in [1.82, 2.24) is 0 Å². The predicted molar refractivity (Wildman–Crippen MR) is 70.4 cm³/mol. The first-order valence-corrected chi connectivity index (χ1v) is 5.51. The van der Waals surface area contributed by atoms with Crippen LogP contribution >= 0.6 is 0 Å². The molecule has 0 saturated carbocycles. The van der Waals surface area contributed by atoms with Gasteiger partial charge in [-0.25, -0.2) is 0 Å². The number of hydrogen-bond donors (Lipinski definition) is 0. The lowest BCUT2D eigenvalue weighted by molar-refractivity contribution is 1.20. The average molecular weight is 222 g/mol. The van der Waals surface area contributed by atoms with Crippen molar-refractivity contribution in [3.63, 3.8) is 0 Å². The maximum absolute atomic E-state index is 8.88. The van der Waals surface area contributed by atoms with E-state index in [1.54, 1.807) is 0 Å². The highest BCUT2D eigenvalue weighted by Crippen LogP contribution is 2.24. The van der Waals surface area contributed by atoms with Crippen molar-refractivity contribution in [2.75, 3.05) is 11.9 Å². The third-order valence-corrected chi connectivity index (χ3v) is 2.78. The summed E-state index contributed by atoms with van der Waals surface area (Å²) in [6.07, 6.45) is 0. The summed E-state index contributed by atoms with van der Waals surface area (Å²) in [6, 6.07) is 18.1. The van der Waals surface area contributed by atoms with Gasteiger partial charge in [-0.1, -0.05) is 23.8 Å². The van der Waals surface area contributed by atoms with Gasteiger partial charge in [-0.05, 0) is 37.3 Å². The molecule has 0 heterocycles. The Morgan fingerprint density at radius 2 is 1.71 bits per heavy atom. The number of hydrogen-bond acceptors (Lipinski definition) is 2. The molecular formula is C15H14N2. The second-order valence-electron chi connectivity index (χ2n) is 4.06. The van der Waals surface area contributed by atoms with Gasteiger partial charge in [0.25, 0.3) is 0 Å². The Kier molecular flexibility index (Phi) is 3.11. The van der Waals surface area contributed by atoms with Crippen LogP contribution in [0.4, 0.5) is 11.4 Å². The van der Waals surface area contributed by atoms with Crippen LogP contribution < -0.4 is 4.90 Å². The van der Waals surface area contributed by atoms with E-state index in [2.05, 4.69) is 42.2 Å². The van der Waals surface area contributed by atoms with Gasteiger partial charge < -0.3 is 4.90 Å². The molecule has 84 valence electrons. The van der Waals surface area contributed by atoms with Gasteiger partial charge in [-0.15, -0.1) is 0 Å². The Morgan fingerprint density at radius 1 is 1.00 bits per heavy atom. The van der Waals surface area contributed by atoms with Crippen LogP contribution in [0.1, 0.15) is 11.1 Å². The van der Waals surface area contributed by atoms with Gasteiger partial charge in [0.15, 0.2) is 0 Å². The molecule has 0 aliphatic heterocycles. The monoisotopic (exact) mass is 222 g/mol. The second kappa shape index (κ2) is 4.71. The number of benzene rings is 2. The summed E-state index contributed by atoms with van der Waals surface area (Å²) in [6.45, 7) is 2.07. The molecule has 0 atom stereocenters. The highest BCUT2D eigenvalue weighted by Gasteiger charge is 2.03.